The van der Waals surface area contributed by atoms with E-state index in [0.29, 0.717) is 5.57 Å². The van der Waals surface area contributed by atoms with Crippen LogP contribution in [0.25, 0.3) is 0 Å². The minimum Gasteiger partial charge on any atom is -0.458 e. The Kier molecular flexibility index (Phi) is 6.39. The van der Waals surface area contributed by atoms with Crippen molar-refractivity contribution in [2.75, 3.05) is 0 Å². The Bertz CT molecular complexity index is 860. The number of ether oxygens (including phenoxy) is 2. The van der Waals surface area contributed by atoms with Crippen LogP contribution in [-0.4, -0.2) is 36.5 Å². The largest absolute Gasteiger partial charge is 0.458 e. The molecule has 1 unspecified atom stereocenters. The molecule has 1 aromatic carbocycles. The Morgan fingerprint density at radius 1 is 1.19 bits per heavy atom. The van der Waals surface area contributed by atoms with Gasteiger partial charge in [0.1, 0.15) is 11.5 Å². The summed E-state index contributed by atoms with van der Waals surface area (Å²) in [6.45, 7) is 8.54. The maximum atomic E-state index is 13.4. The Hall–Kier alpha value is -2.47. The number of halogens is 5. The van der Waals surface area contributed by atoms with E-state index in [1.807, 2.05) is 0 Å². The average Bonchev–Trinajstić information content (AvgIpc) is 2.50. The molecule has 0 fully saturated rings. The molecular weight excluding hydrogens is 403 g/mol. The van der Waals surface area contributed by atoms with Crippen LogP contribution in [0.1, 0.15) is 17.3 Å². The molecule has 0 aromatic heterocycles. The molecule has 1 N–H and O–H groups in total. The van der Waals surface area contributed by atoms with E-state index in [2.05, 4.69) is 17.9 Å². The summed E-state index contributed by atoms with van der Waals surface area (Å²) in [6.07, 6.45) is -10.4. The minimum absolute atomic E-state index is 0.0617. The molecule has 1 rings (SSSR count). The van der Waals surface area contributed by atoms with Crippen LogP contribution in [0.4, 0.5) is 22.0 Å². The molecule has 12 heteroatoms. The predicted molar refractivity (Wildman–Crippen MR) is 82.8 cm³/mol. The van der Waals surface area contributed by atoms with Crippen LogP contribution in [-0.2, 0) is 14.9 Å². The van der Waals surface area contributed by atoms with Gasteiger partial charge in [-0.25, -0.2) is 4.79 Å². The highest BCUT2D eigenvalue weighted by Crippen LogP contribution is 2.38. The number of allylic oxidation sites excluding steroid dienone is 1. The summed E-state index contributed by atoms with van der Waals surface area (Å²) >= 11 is 0. The van der Waals surface area contributed by atoms with Crippen molar-refractivity contribution in [2.45, 2.75) is 24.5 Å². The lowest BCUT2D eigenvalue weighted by Crippen LogP contribution is -2.52. The van der Waals surface area contributed by atoms with Gasteiger partial charge < -0.3 is 9.47 Å². The Balaban J connectivity index is 3.17. The third-order valence-electron chi connectivity index (χ3n) is 2.96. The summed E-state index contributed by atoms with van der Waals surface area (Å²) in [5, 5.41) is -5.82. The topological polar surface area (TPSA) is 89.9 Å². The van der Waals surface area contributed by atoms with Crippen molar-refractivity contribution in [3.63, 3.8) is 0 Å². The molecule has 27 heavy (non-hydrogen) atoms. The van der Waals surface area contributed by atoms with Crippen LogP contribution in [0.3, 0.4) is 0 Å². The van der Waals surface area contributed by atoms with E-state index in [-0.39, 0.29) is 11.5 Å². The molecule has 1 atom stereocenters. The fraction of sp³-hybridized carbons (Fsp3) is 0.267. The lowest BCUT2D eigenvalue weighted by molar-refractivity contribution is -0.248. The maximum Gasteiger partial charge on any atom is 0.432 e. The Morgan fingerprint density at radius 2 is 1.74 bits per heavy atom. The molecule has 0 amide bonds. The molecule has 1 aromatic rings. The van der Waals surface area contributed by atoms with Gasteiger partial charge in [-0.1, -0.05) is 19.2 Å². The molecule has 0 radical (unpaired) electrons. The first-order valence-corrected chi connectivity index (χ1v) is 8.26. The zero-order valence-corrected chi connectivity index (χ0v) is 14.4. The van der Waals surface area contributed by atoms with Crippen molar-refractivity contribution in [3.8, 4) is 5.75 Å². The Labute approximate surface area is 150 Å². The second-order valence-electron chi connectivity index (χ2n) is 5.20. The van der Waals surface area contributed by atoms with Crippen LogP contribution >= 0.6 is 0 Å². The van der Waals surface area contributed by atoms with E-state index in [1.54, 1.807) is 0 Å². The van der Waals surface area contributed by atoms with Crippen molar-refractivity contribution < 1.29 is 49.2 Å². The molecule has 150 valence electrons. The van der Waals surface area contributed by atoms with Gasteiger partial charge in [0.25, 0.3) is 6.10 Å². The van der Waals surface area contributed by atoms with Crippen LogP contribution in [0.5, 0.6) is 5.75 Å². The normalized spacial score (nSPS) is 13.6. The van der Waals surface area contributed by atoms with Crippen molar-refractivity contribution >= 4 is 16.1 Å². The molecular formula is C15H13F5O6S. The highest BCUT2D eigenvalue weighted by atomic mass is 32.2. The molecule has 0 aliphatic rings. The SMILES string of the molecule is C=C(C)C(=C)Oc1cccc(C(=O)OC(C(F)(F)F)C(F)(F)S(=O)(=O)O)c1. The fourth-order valence-corrected chi connectivity index (χ4v) is 2.00. The smallest absolute Gasteiger partial charge is 0.432 e. The molecule has 0 bridgehead atoms. The van der Waals surface area contributed by atoms with Gasteiger partial charge in [-0.2, -0.15) is 30.4 Å². The first-order chi connectivity index (χ1) is 12.1. The summed E-state index contributed by atoms with van der Waals surface area (Å²) in [5.41, 5.74) is -0.254. The summed E-state index contributed by atoms with van der Waals surface area (Å²) in [5.74, 6) is -1.96. The maximum absolute atomic E-state index is 13.4. The lowest BCUT2D eigenvalue weighted by Gasteiger charge is -2.26. The zero-order valence-electron chi connectivity index (χ0n) is 13.6. The van der Waals surface area contributed by atoms with E-state index in [0.717, 1.165) is 18.2 Å². The first-order valence-electron chi connectivity index (χ1n) is 6.82. The number of rotatable bonds is 7. The first kappa shape index (κ1) is 22.6. The summed E-state index contributed by atoms with van der Waals surface area (Å²) in [4.78, 5) is 11.8. The van der Waals surface area contributed by atoms with E-state index >= 15 is 0 Å². The predicted octanol–water partition coefficient (Wildman–Crippen LogP) is 3.72. The minimum atomic E-state index is -6.52. The van der Waals surface area contributed by atoms with Gasteiger partial charge in [-0.15, -0.1) is 0 Å². The summed E-state index contributed by atoms with van der Waals surface area (Å²) in [7, 11) is -6.52. The van der Waals surface area contributed by atoms with E-state index < -0.39 is 39.2 Å². The van der Waals surface area contributed by atoms with Gasteiger partial charge in [0.05, 0.1) is 5.56 Å². The van der Waals surface area contributed by atoms with E-state index in [4.69, 9.17) is 9.29 Å². The highest BCUT2D eigenvalue weighted by Gasteiger charge is 2.66. The van der Waals surface area contributed by atoms with E-state index in [9.17, 15) is 35.2 Å². The van der Waals surface area contributed by atoms with Crippen molar-refractivity contribution in [1.29, 1.82) is 0 Å². The van der Waals surface area contributed by atoms with Gasteiger partial charge in [0.2, 0.25) is 0 Å². The summed E-state index contributed by atoms with van der Waals surface area (Å²) in [6, 6.07) is 4.19. The third-order valence-corrected chi connectivity index (χ3v) is 3.86. The second-order valence-corrected chi connectivity index (χ2v) is 6.69. The number of esters is 1. The van der Waals surface area contributed by atoms with Crippen LogP contribution in [0.2, 0.25) is 0 Å². The second kappa shape index (κ2) is 7.64. The number of carbonyl (C=O) groups is 1. The molecule has 0 heterocycles. The van der Waals surface area contributed by atoms with Gasteiger partial charge >= 0.3 is 27.5 Å². The van der Waals surface area contributed by atoms with Gasteiger partial charge in [0, 0.05) is 0 Å². The van der Waals surface area contributed by atoms with Gasteiger partial charge in [-0.3, -0.25) is 4.55 Å². The standard InChI is InChI=1S/C15H13F5O6S/c1-8(2)9(3)25-11-6-4-5-10(7-11)12(21)26-13(14(16,17)18)15(19,20)27(22,23)24/h4-7,13H,1,3H2,2H3,(H,22,23,24). The van der Waals surface area contributed by atoms with Crippen molar-refractivity contribution in [2.24, 2.45) is 0 Å². The lowest BCUT2D eigenvalue weighted by atomic mass is 10.2. The molecule has 0 spiro atoms. The zero-order chi connectivity index (χ0) is 21.2. The van der Waals surface area contributed by atoms with Crippen molar-refractivity contribution in [1.82, 2.24) is 0 Å². The van der Waals surface area contributed by atoms with Crippen molar-refractivity contribution in [3.05, 3.63) is 54.3 Å². The molecule has 0 saturated carbocycles. The van der Waals surface area contributed by atoms with Gasteiger partial charge in [0.15, 0.2) is 0 Å². The quantitative estimate of drug-likeness (QED) is 0.240. The molecule has 0 saturated heterocycles. The third kappa shape index (κ3) is 5.50. The van der Waals surface area contributed by atoms with E-state index in [1.165, 1.54) is 13.0 Å². The van der Waals surface area contributed by atoms with Gasteiger partial charge in [-0.05, 0) is 30.7 Å². The highest BCUT2D eigenvalue weighted by molar-refractivity contribution is 7.86. The number of alkyl halides is 5. The molecule has 0 aliphatic heterocycles. The molecule has 6 nitrogen and oxygen atoms in total. The van der Waals surface area contributed by atoms with Crippen LogP contribution < -0.4 is 4.74 Å². The van der Waals surface area contributed by atoms with Crippen LogP contribution in [0.15, 0.2) is 48.8 Å². The Morgan fingerprint density at radius 3 is 2.19 bits per heavy atom. The monoisotopic (exact) mass is 416 g/mol. The average molecular weight is 416 g/mol. The fourth-order valence-electron chi connectivity index (χ4n) is 1.55. The summed E-state index contributed by atoms with van der Waals surface area (Å²) < 4.78 is 104. The number of carbonyl (C=O) groups excluding carboxylic acids is 1. The number of hydrogen-bond donors (Lipinski definition) is 1. The molecule has 0 aliphatic carbocycles. The number of hydrogen-bond acceptors (Lipinski definition) is 5. The number of benzene rings is 1. The van der Waals surface area contributed by atoms with Crippen LogP contribution in [0, 0.1) is 0 Å².